The van der Waals surface area contributed by atoms with Gasteiger partial charge in [-0.2, -0.15) is 0 Å². The summed E-state index contributed by atoms with van der Waals surface area (Å²) in [6.07, 6.45) is 3.26. The maximum atomic E-state index is 13.2. The van der Waals surface area contributed by atoms with E-state index in [0.717, 1.165) is 17.7 Å². The van der Waals surface area contributed by atoms with Gasteiger partial charge in [-0.3, -0.25) is 9.59 Å². The van der Waals surface area contributed by atoms with Crippen molar-refractivity contribution in [3.63, 3.8) is 0 Å². The zero-order valence-electron chi connectivity index (χ0n) is 17.6. The Kier molecular flexibility index (Phi) is 8.30. The molecule has 0 radical (unpaired) electrons. The van der Waals surface area contributed by atoms with Gasteiger partial charge in [0.25, 0.3) is 0 Å². The Balaban J connectivity index is 2.18. The third-order valence-corrected chi connectivity index (χ3v) is 4.70. The zero-order valence-corrected chi connectivity index (χ0v) is 17.6. The van der Waals surface area contributed by atoms with Crippen LogP contribution in [0.1, 0.15) is 44.9 Å². The third-order valence-electron chi connectivity index (χ3n) is 4.70. The first-order valence-electron chi connectivity index (χ1n) is 10.1. The molecule has 5 nitrogen and oxygen atoms in total. The summed E-state index contributed by atoms with van der Waals surface area (Å²) in [5.41, 5.74) is 2.15. The van der Waals surface area contributed by atoms with Crippen molar-refractivity contribution in [3.05, 3.63) is 59.9 Å². The summed E-state index contributed by atoms with van der Waals surface area (Å²) in [6.45, 7) is 7.93. The summed E-state index contributed by atoms with van der Waals surface area (Å²) in [7, 11) is 1.98. The Bertz CT molecular complexity index is 752. The van der Waals surface area contributed by atoms with Crippen LogP contribution in [0.5, 0.6) is 0 Å². The Labute approximate surface area is 168 Å². The first-order valence-corrected chi connectivity index (χ1v) is 10.1. The van der Waals surface area contributed by atoms with E-state index in [4.69, 9.17) is 0 Å². The smallest absolute Gasteiger partial charge is 0.242 e. The summed E-state index contributed by atoms with van der Waals surface area (Å²) < 4.78 is 2.03. The van der Waals surface area contributed by atoms with Crippen LogP contribution < -0.4 is 0 Å². The Morgan fingerprint density at radius 3 is 2.25 bits per heavy atom. The van der Waals surface area contributed by atoms with Crippen LogP contribution >= 0.6 is 0 Å². The molecule has 0 saturated heterocycles. The molecule has 0 spiro atoms. The highest BCUT2D eigenvalue weighted by Crippen LogP contribution is 2.12. The standard InChI is InChI=1S/C23H33N3O2/c1-5-10-22(27)25(15-19(2)3)18-23(28)26(16-20-11-7-6-8-12-20)17-21-13-9-14-24(21)4/h6-9,11-14,19H,5,10,15-18H2,1-4H3. The minimum atomic E-state index is -0.0184. The number of carbonyl (C=O) groups excluding carboxylic acids is 2. The van der Waals surface area contributed by atoms with Gasteiger partial charge in [-0.05, 0) is 30.0 Å². The molecular formula is C23H33N3O2. The Hall–Kier alpha value is -2.56. The maximum absolute atomic E-state index is 13.2. The molecule has 0 unspecified atom stereocenters. The minimum absolute atomic E-state index is 0.0184. The van der Waals surface area contributed by atoms with E-state index < -0.39 is 0 Å². The van der Waals surface area contributed by atoms with Crippen molar-refractivity contribution in [3.8, 4) is 0 Å². The van der Waals surface area contributed by atoms with E-state index in [1.165, 1.54) is 0 Å². The number of nitrogens with zero attached hydrogens (tertiary/aromatic N) is 3. The second-order valence-electron chi connectivity index (χ2n) is 7.76. The van der Waals surface area contributed by atoms with Crippen molar-refractivity contribution in [1.29, 1.82) is 0 Å². The molecule has 1 aromatic heterocycles. The van der Waals surface area contributed by atoms with E-state index in [1.807, 2.05) is 72.1 Å². The maximum Gasteiger partial charge on any atom is 0.242 e. The Morgan fingerprint density at radius 1 is 0.964 bits per heavy atom. The van der Waals surface area contributed by atoms with Gasteiger partial charge in [0.2, 0.25) is 11.8 Å². The number of aromatic nitrogens is 1. The molecule has 0 N–H and O–H groups in total. The predicted octanol–water partition coefficient (Wildman–Crippen LogP) is 3.84. The summed E-state index contributed by atoms with van der Waals surface area (Å²) in [5, 5.41) is 0. The highest BCUT2D eigenvalue weighted by molar-refractivity contribution is 5.84. The van der Waals surface area contributed by atoms with Crippen LogP contribution in [0.25, 0.3) is 0 Å². The van der Waals surface area contributed by atoms with E-state index in [0.29, 0.717) is 32.0 Å². The second kappa shape index (κ2) is 10.7. The van der Waals surface area contributed by atoms with Crippen LogP contribution in [0.3, 0.4) is 0 Å². The van der Waals surface area contributed by atoms with Crippen LogP contribution in [0, 0.1) is 5.92 Å². The van der Waals surface area contributed by atoms with Crippen molar-refractivity contribution in [2.24, 2.45) is 13.0 Å². The average Bonchev–Trinajstić information content (AvgIpc) is 3.06. The van der Waals surface area contributed by atoms with Crippen molar-refractivity contribution in [2.75, 3.05) is 13.1 Å². The lowest BCUT2D eigenvalue weighted by molar-refractivity contribution is -0.141. The van der Waals surface area contributed by atoms with E-state index >= 15 is 0 Å². The fraction of sp³-hybridized carbons (Fsp3) is 0.478. The van der Waals surface area contributed by atoms with E-state index in [2.05, 4.69) is 13.8 Å². The number of carbonyl (C=O) groups is 2. The van der Waals surface area contributed by atoms with Crippen molar-refractivity contribution < 1.29 is 9.59 Å². The number of amides is 2. The van der Waals surface area contributed by atoms with Crippen LogP contribution in [-0.4, -0.2) is 39.3 Å². The molecular weight excluding hydrogens is 350 g/mol. The van der Waals surface area contributed by atoms with Gasteiger partial charge < -0.3 is 14.4 Å². The molecule has 28 heavy (non-hydrogen) atoms. The monoisotopic (exact) mass is 383 g/mol. The number of aryl methyl sites for hydroxylation is 1. The lowest BCUT2D eigenvalue weighted by Crippen LogP contribution is -2.44. The lowest BCUT2D eigenvalue weighted by Gasteiger charge is -2.29. The van der Waals surface area contributed by atoms with Crippen LogP contribution in [0.15, 0.2) is 48.7 Å². The SMILES string of the molecule is CCCC(=O)N(CC(=O)N(Cc1ccccc1)Cc1cccn1C)CC(C)C. The van der Waals surface area contributed by atoms with E-state index in [1.54, 1.807) is 4.90 Å². The molecule has 0 aliphatic carbocycles. The fourth-order valence-electron chi connectivity index (χ4n) is 3.22. The molecule has 0 aliphatic rings. The molecule has 0 atom stereocenters. The van der Waals surface area contributed by atoms with Crippen molar-refractivity contribution in [1.82, 2.24) is 14.4 Å². The summed E-state index contributed by atoms with van der Waals surface area (Å²) in [4.78, 5) is 29.3. The molecule has 2 aromatic rings. The lowest BCUT2D eigenvalue weighted by atomic mass is 10.1. The summed E-state index contributed by atoms with van der Waals surface area (Å²) in [6, 6.07) is 14.0. The largest absolute Gasteiger partial charge is 0.353 e. The Morgan fingerprint density at radius 2 is 1.68 bits per heavy atom. The number of hydrogen-bond donors (Lipinski definition) is 0. The van der Waals surface area contributed by atoms with Gasteiger partial charge in [0, 0.05) is 38.4 Å². The first kappa shape index (κ1) is 21.7. The van der Waals surface area contributed by atoms with Gasteiger partial charge in [0.05, 0.1) is 13.1 Å². The summed E-state index contributed by atoms with van der Waals surface area (Å²) in [5.74, 6) is 0.363. The summed E-state index contributed by atoms with van der Waals surface area (Å²) >= 11 is 0. The topological polar surface area (TPSA) is 45.6 Å². The van der Waals surface area contributed by atoms with Gasteiger partial charge >= 0.3 is 0 Å². The van der Waals surface area contributed by atoms with Crippen molar-refractivity contribution >= 4 is 11.8 Å². The molecule has 0 bridgehead atoms. The molecule has 2 amide bonds. The molecule has 2 rings (SSSR count). The molecule has 5 heteroatoms. The van der Waals surface area contributed by atoms with Gasteiger partial charge in [0.15, 0.2) is 0 Å². The van der Waals surface area contributed by atoms with E-state index in [9.17, 15) is 9.59 Å². The normalized spacial score (nSPS) is 10.9. The predicted molar refractivity (Wildman–Crippen MR) is 112 cm³/mol. The van der Waals surface area contributed by atoms with Crippen LogP contribution in [0.4, 0.5) is 0 Å². The highest BCUT2D eigenvalue weighted by Gasteiger charge is 2.22. The number of rotatable bonds is 10. The first-order chi connectivity index (χ1) is 13.4. The second-order valence-corrected chi connectivity index (χ2v) is 7.76. The average molecular weight is 384 g/mol. The number of hydrogen-bond acceptors (Lipinski definition) is 2. The van der Waals surface area contributed by atoms with Crippen molar-refractivity contribution in [2.45, 2.75) is 46.7 Å². The fourth-order valence-corrected chi connectivity index (χ4v) is 3.22. The highest BCUT2D eigenvalue weighted by atomic mass is 16.2. The van der Waals surface area contributed by atoms with Gasteiger partial charge in [-0.15, -0.1) is 0 Å². The molecule has 152 valence electrons. The van der Waals surface area contributed by atoms with Gasteiger partial charge in [0.1, 0.15) is 0 Å². The molecule has 0 aliphatic heterocycles. The van der Waals surface area contributed by atoms with Crippen LogP contribution in [0.2, 0.25) is 0 Å². The molecule has 0 saturated carbocycles. The molecule has 1 heterocycles. The van der Waals surface area contributed by atoms with Gasteiger partial charge in [-0.25, -0.2) is 0 Å². The van der Waals surface area contributed by atoms with E-state index in [-0.39, 0.29) is 18.4 Å². The third kappa shape index (κ3) is 6.55. The quantitative estimate of drug-likeness (QED) is 0.626. The number of benzene rings is 1. The molecule has 1 aromatic carbocycles. The van der Waals surface area contributed by atoms with Gasteiger partial charge in [-0.1, -0.05) is 51.1 Å². The molecule has 0 fully saturated rings. The minimum Gasteiger partial charge on any atom is -0.353 e. The van der Waals surface area contributed by atoms with Crippen LogP contribution in [-0.2, 0) is 29.7 Å². The zero-order chi connectivity index (χ0) is 20.5.